The zero-order valence-corrected chi connectivity index (χ0v) is 12.7. The highest BCUT2D eigenvalue weighted by molar-refractivity contribution is 5.60. The molecular formula is C17H16F3NO2. The second-order valence-electron chi connectivity index (χ2n) is 5.42. The zero-order chi connectivity index (χ0) is 16.6. The van der Waals surface area contributed by atoms with E-state index in [1.807, 2.05) is 12.1 Å². The Morgan fingerprint density at radius 3 is 2.22 bits per heavy atom. The Morgan fingerprint density at radius 1 is 1.00 bits per heavy atom. The van der Waals surface area contributed by atoms with Gasteiger partial charge in [-0.2, -0.15) is 13.2 Å². The average Bonchev–Trinajstić information content (AvgIpc) is 2.96. The van der Waals surface area contributed by atoms with Crippen LogP contribution in [0.1, 0.15) is 22.7 Å². The molecule has 1 atom stereocenters. The fraction of sp³-hybridized carbons (Fsp3) is 0.294. The van der Waals surface area contributed by atoms with E-state index in [1.165, 1.54) is 12.1 Å². The van der Waals surface area contributed by atoms with E-state index in [1.54, 1.807) is 20.3 Å². The summed E-state index contributed by atoms with van der Waals surface area (Å²) in [5.41, 5.74) is 1.67. The van der Waals surface area contributed by atoms with Crippen molar-refractivity contribution in [2.45, 2.75) is 18.6 Å². The number of ether oxygens (including phenoxy) is 2. The molecule has 1 unspecified atom stereocenters. The first kappa shape index (κ1) is 15.5. The second-order valence-corrected chi connectivity index (χ2v) is 5.42. The highest BCUT2D eigenvalue weighted by Crippen LogP contribution is 2.39. The maximum absolute atomic E-state index is 12.8. The molecule has 122 valence electrons. The number of rotatable bonds is 3. The number of methoxy groups -OCH3 is 2. The van der Waals surface area contributed by atoms with Gasteiger partial charge < -0.3 is 14.8 Å². The minimum Gasteiger partial charge on any atom is -0.497 e. The fourth-order valence-electron chi connectivity index (χ4n) is 2.77. The molecule has 1 N–H and O–H groups in total. The maximum atomic E-state index is 12.8. The van der Waals surface area contributed by atoms with Gasteiger partial charge in [-0.1, -0.05) is 0 Å². The van der Waals surface area contributed by atoms with Crippen LogP contribution in [-0.2, 0) is 12.6 Å². The van der Waals surface area contributed by atoms with E-state index in [2.05, 4.69) is 5.32 Å². The van der Waals surface area contributed by atoms with E-state index >= 15 is 0 Å². The van der Waals surface area contributed by atoms with Gasteiger partial charge in [0.1, 0.15) is 11.5 Å². The van der Waals surface area contributed by atoms with Gasteiger partial charge in [-0.15, -0.1) is 0 Å². The first-order valence-corrected chi connectivity index (χ1v) is 7.10. The van der Waals surface area contributed by atoms with Crippen molar-refractivity contribution in [3.8, 4) is 11.5 Å². The molecule has 1 aliphatic rings. The molecule has 0 saturated carbocycles. The lowest BCUT2D eigenvalue weighted by Crippen LogP contribution is -2.06. The van der Waals surface area contributed by atoms with Crippen molar-refractivity contribution >= 4 is 5.69 Å². The topological polar surface area (TPSA) is 30.5 Å². The van der Waals surface area contributed by atoms with E-state index in [9.17, 15) is 13.2 Å². The van der Waals surface area contributed by atoms with Gasteiger partial charge >= 0.3 is 6.18 Å². The van der Waals surface area contributed by atoms with Gasteiger partial charge in [0.2, 0.25) is 0 Å². The van der Waals surface area contributed by atoms with Crippen molar-refractivity contribution in [1.29, 1.82) is 0 Å². The molecule has 0 aromatic heterocycles. The number of benzene rings is 2. The second kappa shape index (κ2) is 5.68. The smallest absolute Gasteiger partial charge is 0.416 e. The zero-order valence-electron chi connectivity index (χ0n) is 12.7. The Morgan fingerprint density at radius 2 is 1.65 bits per heavy atom. The van der Waals surface area contributed by atoms with Crippen LogP contribution in [0.4, 0.5) is 18.9 Å². The monoisotopic (exact) mass is 323 g/mol. The summed E-state index contributed by atoms with van der Waals surface area (Å²) in [6.45, 7) is 0. The molecule has 0 spiro atoms. The Hall–Kier alpha value is -2.37. The summed E-state index contributed by atoms with van der Waals surface area (Å²) in [4.78, 5) is 0. The Kier molecular flexibility index (Phi) is 3.83. The summed E-state index contributed by atoms with van der Waals surface area (Å²) >= 11 is 0. The molecule has 0 amide bonds. The SMILES string of the molecule is COc1cc(OC)cc(C2Cc3cc(C(F)(F)F)ccc3N2)c1. The molecule has 23 heavy (non-hydrogen) atoms. The lowest BCUT2D eigenvalue weighted by Gasteiger charge is -2.14. The summed E-state index contributed by atoms with van der Waals surface area (Å²) in [6.07, 6.45) is -3.85. The van der Waals surface area contributed by atoms with Gasteiger partial charge in [-0.3, -0.25) is 0 Å². The van der Waals surface area contributed by atoms with Crippen LogP contribution in [0.3, 0.4) is 0 Å². The van der Waals surface area contributed by atoms with Gasteiger partial charge in [0.15, 0.2) is 0 Å². The van der Waals surface area contributed by atoms with Gasteiger partial charge in [0, 0.05) is 11.8 Å². The van der Waals surface area contributed by atoms with Gasteiger partial charge in [-0.25, -0.2) is 0 Å². The standard InChI is InChI=1S/C17H16F3NO2/c1-22-13-6-11(7-14(9-13)23-2)16-8-10-5-12(17(18,19)20)3-4-15(10)21-16/h3-7,9,16,21H,8H2,1-2H3. The van der Waals surface area contributed by atoms with Crippen LogP contribution in [0.5, 0.6) is 11.5 Å². The number of fused-ring (bicyclic) bond motifs is 1. The quantitative estimate of drug-likeness (QED) is 0.906. The Bertz CT molecular complexity index is 706. The van der Waals surface area contributed by atoms with Gasteiger partial charge in [0.05, 0.1) is 25.8 Å². The van der Waals surface area contributed by atoms with Crippen molar-refractivity contribution in [1.82, 2.24) is 0 Å². The molecular weight excluding hydrogens is 307 g/mol. The highest BCUT2D eigenvalue weighted by atomic mass is 19.4. The third kappa shape index (κ3) is 3.06. The first-order valence-electron chi connectivity index (χ1n) is 7.10. The number of hydrogen-bond acceptors (Lipinski definition) is 3. The predicted molar refractivity (Wildman–Crippen MR) is 81.1 cm³/mol. The van der Waals surface area contributed by atoms with Crippen molar-refractivity contribution in [3.05, 3.63) is 53.1 Å². The summed E-state index contributed by atoms with van der Waals surface area (Å²) < 4.78 is 48.9. The lowest BCUT2D eigenvalue weighted by atomic mass is 10.0. The molecule has 2 aromatic rings. The van der Waals surface area contributed by atoms with Crippen LogP contribution >= 0.6 is 0 Å². The molecule has 3 rings (SSSR count). The summed E-state index contributed by atoms with van der Waals surface area (Å²) in [7, 11) is 3.12. The van der Waals surface area contributed by atoms with Gasteiger partial charge in [0.25, 0.3) is 0 Å². The minimum atomic E-state index is -4.33. The van der Waals surface area contributed by atoms with Crippen LogP contribution in [0, 0.1) is 0 Å². The summed E-state index contributed by atoms with van der Waals surface area (Å²) in [5.74, 6) is 1.29. The molecule has 0 fully saturated rings. The van der Waals surface area contributed by atoms with E-state index in [0.29, 0.717) is 23.5 Å². The number of alkyl halides is 3. The number of nitrogens with one attached hydrogen (secondary N) is 1. The Labute approximate surface area is 132 Å². The molecule has 2 aromatic carbocycles. The lowest BCUT2D eigenvalue weighted by molar-refractivity contribution is -0.137. The van der Waals surface area contributed by atoms with E-state index in [-0.39, 0.29) is 6.04 Å². The molecule has 0 saturated heterocycles. The molecule has 0 bridgehead atoms. The van der Waals surface area contributed by atoms with E-state index in [0.717, 1.165) is 17.3 Å². The molecule has 6 heteroatoms. The molecule has 1 aliphatic heterocycles. The molecule has 1 heterocycles. The van der Waals surface area contributed by atoms with Crippen LogP contribution < -0.4 is 14.8 Å². The largest absolute Gasteiger partial charge is 0.497 e. The highest BCUT2D eigenvalue weighted by Gasteiger charge is 2.32. The van der Waals surface area contributed by atoms with Crippen LogP contribution in [0.2, 0.25) is 0 Å². The number of hydrogen-bond donors (Lipinski definition) is 1. The number of anilines is 1. The number of halogens is 3. The minimum absolute atomic E-state index is 0.113. The predicted octanol–water partition coefficient (Wildman–Crippen LogP) is 4.43. The normalized spacial score (nSPS) is 16.7. The van der Waals surface area contributed by atoms with Crippen LogP contribution in [0.15, 0.2) is 36.4 Å². The molecule has 0 aliphatic carbocycles. The third-order valence-electron chi connectivity index (χ3n) is 3.96. The third-order valence-corrected chi connectivity index (χ3v) is 3.96. The van der Waals surface area contributed by atoms with Crippen LogP contribution in [-0.4, -0.2) is 14.2 Å². The summed E-state index contributed by atoms with van der Waals surface area (Å²) in [5, 5.41) is 3.25. The van der Waals surface area contributed by atoms with E-state index < -0.39 is 11.7 Å². The maximum Gasteiger partial charge on any atom is 0.416 e. The van der Waals surface area contributed by atoms with Crippen molar-refractivity contribution in [3.63, 3.8) is 0 Å². The first-order chi connectivity index (χ1) is 10.9. The average molecular weight is 323 g/mol. The van der Waals surface area contributed by atoms with Crippen molar-refractivity contribution in [2.75, 3.05) is 19.5 Å². The Balaban J connectivity index is 1.90. The van der Waals surface area contributed by atoms with Crippen molar-refractivity contribution < 1.29 is 22.6 Å². The van der Waals surface area contributed by atoms with Crippen LogP contribution in [0.25, 0.3) is 0 Å². The van der Waals surface area contributed by atoms with Gasteiger partial charge in [-0.05, 0) is 47.9 Å². The molecule has 3 nitrogen and oxygen atoms in total. The fourth-order valence-corrected chi connectivity index (χ4v) is 2.77. The summed E-state index contributed by atoms with van der Waals surface area (Å²) in [6, 6.07) is 9.15. The van der Waals surface area contributed by atoms with E-state index in [4.69, 9.17) is 9.47 Å². The van der Waals surface area contributed by atoms with Crippen molar-refractivity contribution in [2.24, 2.45) is 0 Å². The molecule has 0 radical (unpaired) electrons.